The molecule has 0 fully saturated rings. The molecule has 1 amide bonds. The number of amides is 1. The average Bonchev–Trinajstić information content (AvgIpc) is 2.85. The number of hydrogen-bond donors (Lipinski definition) is 2. The molecule has 18 heavy (non-hydrogen) atoms. The van der Waals surface area contributed by atoms with Crippen LogP contribution in [0.3, 0.4) is 0 Å². The van der Waals surface area contributed by atoms with Crippen LogP contribution in [-0.4, -0.2) is 22.4 Å². The van der Waals surface area contributed by atoms with Gasteiger partial charge in [-0.25, -0.2) is 4.98 Å². The molecule has 1 heterocycles. The third kappa shape index (κ3) is 2.98. The van der Waals surface area contributed by atoms with Crippen molar-refractivity contribution in [3.05, 3.63) is 52.0 Å². The Labute approximate surface area is 114 Å². The van der Waals surface area contributed by atoms with Gasteiger partial charge in [-0.15, -0.1) is 0 Å². The maximum atomic E-state index is 12.0. The summed E-state index contributed by atoms with van der Waals surface area (Å²) >= 11 is 3.43. The Morgan fingerprint density at radius 2 is 2.33 bits per heavy atom. The summed E-state index contributed by atoms with van der Waals surface area (Å²) in [5.74, 6) is -0.0647. The van der Waals surface area contributed by atoms with Gasteiger partial charge < -0.3 is 10.3 Å². The van der Waals surface area contributed by atoms with Crippen molar-refractivity contribution in [2.45, 2.75) is 13.3 Å². The number of carbonyl (C=O) groups is 1. The predicted molar refractivity (Wildman–Crippen MR) is 73.5 cm³/mol. The largest absolute Gasteiger partial charge is 0.352 e. The Morgan fingerprint density at radius 3 is 3.06 bits per heavy atom. The van der Waals surface area contributed by atoms with E-state index in [4.69, 9.17) is 0 Å². The average molecular weight is 308 g/mol. The smallest absolute Gasteiger partial charge is 0.252 e. The molecule has 0 aliphatic rings. The fourth-order valence-corrected chi connectivity index (χ4v) is 2.09. The maximum Gasteiger partial charge on any atom is 0.252 e. The van der Waals surface area contributed by atoms with E-state index in [2.05, 4.69) is 31.2 Å². The number of hydrogen-bond acceptors (Lipinski definition) is 2. The molecular formula is C13H14BrN3O. The number of rotatable bonds is 4. The van der Waals surface area contributed by atoms with Gasteiger partial charge in [0.2, 0.25) is 0 Å². The predicted octanol–water partition coefficient (Wildman–Crippen LogP) is 2.45. The first kappa shape index (κ1) is 12.8. The van der Waals surface area contributed by atoms with Crippen LogP contribution in [0.2, 0.25) is 0 Å². The lowest BCUT2D eigenvalue weighted by atomic mass is 10.1. The molecule has 0 aliphatic carbocycles. The van der Waals surface area contributed by atoms with Gasteiger partial charge in [-0.3, -0.25) is 4.79 Å². The van der Waals surface area contributed by atoms with Crippen LogP contribution in [0.25, 0.3) is 0 Å². The molecule has 1 aromatic carbocycles. The van der Waals surface area contributed by atoms with Crippen molar-refractivity contribution in [2.24, 2.45) is 0 Å². The fraction of sp³-hybridized carbons (Fsp3) is 0.231. The Balaban J connectivity index is 1.93. The lowest BCUT2D eigenvalue weighted by Crippen LogP contribution is -2.26. The molecule has 0 spiro atoms. The van der Waals surface area contributed by atoms with E-state index in [1.54, 1.807) is 12.5 Å². The second kappa shape index (κ2) is 5.82. The number of aromatic amines is 1. The van der Waals surface area contributed by atoms with E-state index in [0.717, 1.165) is 22.2 Å². The molecule has 0 atom stereocenters. The van der Waals surface area contributed by atoms with Crippen molar-refractivity contribution in [1.29, 1.82) is 0 Å². The van der Waals surface area contributed by atoms with Crippen molar-refractivity contribution < 1.29 is 4.79 Å². The molecule has 5 heteroatoms. The Morgan fingerprint density at radius 1 is 1.50 bits per heavy atom. The number of aromatic nitrogens is 2. The van der Waals surface area contributed by atoms with Crippen LogP contribution in [0.4, 0.5) is 0 Å². The highest BCUT2D eigenvalue weighted by molar-refractivity contribution is 9.10. The molecule has 0 unspecified atom stereocenters. The lowest BCUT2D eigenvalue weighted by molar-refractivity contribution is 0.0953. The van der Waals surface area contributed by atoms with Gasteiger partial charge in [-0.05, 0) is 34.5 Å². The molecule has 0 aliphatic heterocycles. The van der Waals surface area contributed by atoms with Crippen LogP contribution < -0.4 is 5.32 Å². The number of aryl methyl sites for hydroxylation is 1. The van der Waals surface area contributed by atoms with Crippen molar-refractivity contribution in [3.8, 4) is 0 Å². The van der Waals surface area contributed by atoms with Gasteiger partial charge in [0.25, 0.3) is 5.91 Å². The summed E-state index contributed by atoms with van der Waals surface area (Å²) in [6.07, 6.45) is 4.14. The lowest BCUT2D eigenvalue weighted by Gasteiger charge is -2.07. The number of nitrogens with one attached hydrogen (secondary N) is 2. The molecule has 2 N–H and O–H groups in total. The summed E-state index contributed by atoms with van der Waals surface area (Å²) in [6, 6.07) is 5.65. The van der Waals surface area contributed by atoms with Crippen molar-refractivity contribution in [3.63, 3.8) is 0 Å². The molecule has 2 rings (SSSR count). The van der Waals surface area contributed by atoms with E-state index in [1.807, 2.05) is 25.1 Å². The zero-order valence-electron chi connectivity index (χ0n) is 10.0. The zero-order chi connectivity index (χ0) is 13.0. The second-order valence-corrected chi connectivity index (χ2v) is 4.81. The van der Waals surface area contributed by atoms with E-state index in [1.165, 1.54) is 0 Å². The Bertz CT molecular complexity index is 537. The third-order valence-corrected chi connectivity index (χ3v) is 3.72. The summed E-state index contributed by atoms with van der Waals surface area (Å²) in [5, 5.41) is 2.89. The number of H-pyrrole nitrogens is 1. The molecule has 0 saturated carbocycles. The summed E-state index contributed by atoms with van der Waals surface area (Å²) < 4.78 is 0.851. The highest BCUT2D eigenvalue weighted by Crippen LogP contribution is 2.20. The standard InChI is InChI=1S/C13H14BrN3O/c1-9-3-2-4-11(12(9)14)13(18)16-6-5-10-7-15-8-17-10/h2-4,7-8H,5-6H2,1H3,(H,15,17)(H,16,18). The highest BCUT2D eigenvalue weighted by Gasteiger charge is 2.10. The summed E-state index contributed by atoms with van der Waals surface area (Å²) in [7, 11) is 0. The number of halogens is 1. The topological polar surface area (TPSA) is 57.8 Å². The first-order valence-corrected chi connectivity index (χ1v) is 6.48. The number of carbonyl (C=O) groups excluding carboxylic acids is 1. The van der Waals surface area contributed by atoms with Gasteiger partial charge in [0.15, 0.2) is 0 Å². The fourth-order valence-electron chi connectivity index (χ4n) is 1.65. The summed E-state index contributed by atoms with van der Waals surface area (Å²) in [5.41, 5.74) is 2.73. The van der Waals surface area contributed by atoms with Crippen LogP contribution in [-0.2, 0) is 6.42 Å². The second-order valence-electron chi connectivity index (χ2n) is 4.02. The Hall–Kier alpha value is -1.62. The molecule has 2 aromatic rings. The van der Waals surface area contributed by atoms with Crippen molar-refractivity contribution >= 4 is 21.8 Å². The van der Waals surface area contributed by atoms with Crippen molar-refractivity contribution in [1.82, 2.24) is 15.3 Å². The number of benzene rings is 1. The van der Waals surface area contributed by atoms with Gasteiger partial charge in [-0.1, -0.05) is 12.1 Å². The molecule has 0 radical (unpaired) electrons. The zero-order valence-corrected chi connectivity index (χ0v) is 11.6. The highest BCUT2D eigenvalue weighted by atomic mass is 79.9. The van der Waals surface area contributed by atoms with Gasteiger partial charge in [0.05, 0.1) is 11.9 Å². The van der Waals surface area contributed by atoms with Gasteiger partial charge in [0, 0.05) is 29.3 Å². The quantitative estimate of drug-likeness (QED) is 0.911. The molecular weight excluding hydrogens is 294 g/mol. The third-order valence-electron chi connectivity index (χ3n) is 2.67. The SMILES string of the molecule is Cc1cccc(C(=O)NCCc2cnc[nH]2)c1Br. The van der Waals surface area contributed by atoms with Gasteiger partial charge in [0.1, 0.15) is 0 Å². The van der Waals surface area contributed by atoms with E-state index in [0.29, 0.717) is 12.1 Å². The summed E-state index contributed by atoms with van der Waals surface area (Å²) in [4.78, 5) is 18.9. The van der Waals surface area contributed by atoms with Crippen LogP contribution in [0, 0.1) is 6.92 Å². The van der Waals surface area contributed by atoms with Crippen LogP contribution in [0.1, 0.15) is 21.6 Å². The number of nitrogens with zero attached hydrogens (tertiary/aromatic N) is 1. The maximum absolute atomic E-state index is 12.0. The van der Waals surface area contributed by atoms with Crippen LogP contribution in [0.5, 0.6) is 0 Å². The molecule has 94 valence electrons. The van der Waals surface area contributed by atoms with Gasteiger partial charge in [-0.2, -0.15) is 0 Å². The monoisotopic (exact) mass is 307 g/mol. The molecule has 0 bridgehead atoms. The molecule has 0 saturated heterocycles. The normalized spacial score (nSPS) is 10.3. The molecule has 4 nitrogen and oxygen atoms in total. The van der Waals surface area contributed by atoms with E-state index < -0.39 is 0 Å². The van der Waals surface area contributed by atoms with Crippen LogP contribution >= 0.6 is 15.9 Å². The van der Waals surface area contributed by atoms with E-state index >= 15 is 0 Å². The van der Waals surface area contributed by atoms with E-state index in [-0.39, 0.29) is 5.91 Å². The Kier molecular flexibility index (Phi) is 4.15. The molecule has 1 aromatic heterocycles. The van der Waals surface area contributed by atoms with E-state index in [9.17, 15) is 4.79 Å². The van der Waals surface area contributed by atoms with Crippen LogP contribution in [0.15, 0.2) is 35.2 Å². The first-order valence-electron chi connectivity index (χ1n) is 5.69. The minimum Gasteiger partial charge on any atom is -0.352 e. The first-order chi connectivity index (χ1) is 8.68. The minimum absolute atomic E-state index is 0.0647. The van der Waals surface area contributed by atoms with Gasteiger partial charge >= 0.3 is 0 Å². The minimum atomic E-state index is -0.0647. The number of imidazole rings is 1. The summed E-state index contributed by atoms with van der Waals surface area (Å²) in [6.45, 7) is 2.55. The van der Waals surface area contributed by atoms with Crippen molar-refractivity contribution in [2.75, 3.05) is 6.54 Å².